The average Bonchev–Trinajstić information content (AvgIpc) is 2.43. The fourth-order valence-electron chi connectivity index (χ4n) is 1.78. The molecule has 21 heavy (non-hydrogen) atoms. The Balaban J connectivity index is 2.31. The van der Waals surface area contributed by atoms with Crippen LogP contribution in [0.15, 0.2) is 47.4 Å². The molecule has 112 valence electrons. The highest BCUT2D eigenvalue weighted by atomic mass is 35.5. The predicted octanol–water partition coefficient (Wildman–Crippen LogP) is 3.00. The quantitative estimate of drug-likeness (QED) is 0.887. The Labute approximate surface area is 128 Å². The third-order valence-electron chi connectivity index (χ3n) is 2.79. The van der Waals surface area contributed by atoms with E-state index in [-0.39, 0.29) is 4.90 Å². The van der Waals surface area contributed by atoms with Crippen molar-refractivity contribution in [2.24, 2.45) is 0 Å². The van der Waals surface area contributed by atoms with Gasteiger partial charge in [0.1, 0.15) is 5.82 Å². The summed E-state index contributed by atoms with van der Waals surface area (Å²) >= 11 is 6.01. The molecule has 0 amide bonds. The highest BCUT2D eigenvalue weighted by molar-refractivity contribution is 7.92. The van der Waals surface area contributed by atoms with E-state index in [4.69, 9.17) is 11.6 Å². The molecule has 2 N–H and O–H groups in total. The normalized spacial score (nSPS) is 11.4. The van der Waals surface area contributed by atoms with E-state index in [2.05, 4.69) is 10.0 Å². The van der Waals surface area contributed by atoms with Gasteiger partial charge >= 0.3 is 0 Å². The lowest BCUT2D eigenvalue weighted by molar-refractivity contribution is 0.600. The minimum atomic E-state index is -3.74. The molecule has 2 rings (SSSR count). The number of sulfonamides is 1. The van der Waals surface area contributed by atoms with Crippen LogP contribution in [0.2, 0.25) is 5.02 Å². The van der Waals surface area contributed by atoms with Crippen molar-refractivity contribution in [1.29, 1.82) is 0 Å². The minimum Gasteiger partial charge on any atom is -0.316 e. The molecule has 0 saturated heterocycles. The van der Waals surface area contributed by atoms with E-state index in [1.54, 1.807) is 7.05 Å². The molecule has 0 saturated carbocycles. The number of rotatable bonds is 5. The van der Waals surface area contributed by atoms with Crippen molar-refractivity contribution in [2.45, 2.75) is 11.4 Å². The first-order chi connectivity index (χ1) is 9.92. The molecule has 0 aliphatic carbocycles. The molecular weight excluding hydrogens is 315 g/mol. The molecule has 0 bridgehead atoms. The summed E-state index contributed by atoms with van der Waals surface area (Å²) < 4.78 is 39.8. The van der Waals surface area contributed by atoms with Crippen LogP contribution < -0.4 is 10.0 Å². The minimum absolute atomic E-state index is 0.0986. The van der Waals surface area contributed by atoms with E-state index < -0.39 is 15.8 Å². The summed E-state index contributed by atoms with van der Waals surface area (Å²) in [6.45, 7) is 0.457. The first-order valence-electron chi connectivity index (χ1n) is 6.14. The molecule has 0 aliphatic rings. The van der Waals surface area contributed by atoms with E-state index in [0.717, 1.165) is 0 Å². The lowest BCUT2D eigenvalue weighted by Crippen LogP contribution is -2.14. The summed E-state index contributed by atoms with van der Waals surface area (Å²) in [5.41, 5.74) is 0.975. The van der Waals surface area contributed by atoms with Gasteiger partial charge in [0, 0.05) is 17.3 Å². The van der Waals surface area contributed by atoms with Gasteiger partial charge in [0.25, 0.3) is 10.0 Å². The van der Waals surface area contributed by atoms with E-state index in [1.165, 1.54) is 42.5 Å². The van der Waals surface area contributed by atoms with Crippen LogP contribution in [0.25, 0.3) is 0 Å². The van der Waals surface area contributed by atoms with Gasteiger partial charge in [0.05, 0.1) is 4.90 Å². The number of nitrogens with one attached hydrogen (secondary N) is 2. The molecule has 0 aliphatic heterocycles. The molecule has 7 heteroatoms. The van der Waals surface area contributed by atoms with Crippen molar-refractivity contribution in [3.8, 4) is 0 Å². The Morgan fingerprint density at radius 1 is 1.14 bits per heavy atom. The highest BCUT2D eigenvalue weighted by Crippen LogP contribution is 2.22. The van der Waals surface area contributed by atoms with Crippen LogP contribution >= 0.6 is 11.6 Å². The van der Waals surface area contributed by atoms with Gasteiger partial charge in [-0.15, -0.1) is 0 Å². The zero-order valence-electron chi connectivity index (χ0n) is 11.2. The maximum atomic E-state index is 12.8. The molecule has 0 radical (unpaired) electrons. The van der Waals surface area contributed by atoms with Crippen molar-refractivity contribution in [1.82, 2.24) is 5.32 Å². The van der Waals surface area contributed by atoms with Gasteiger partial charge < -0.3 is 5.32 Å². The third kappa shape index (κ3) is 3.93. The van der Waals surface area contributed by atoms with Gasteiger partial charge in [-0.2, -0.15) is 0 Å². The molecule has 0 heterocycles. The lowest BCUT2D eigenvalue weighted by Gasteiger charge is -2.10. The van der Waals surface area contributed by atoms with Gasteiger partial charge in [-0.05, 0) is 55.1 Å². The van der Waals surface area contributed by atoms with Crippen molar-refractivity contribution < 1.29 is 12.8 Å². The monoisotopic (exact) mass is 328 g/mol. The van der Waals surface area contributed by atoms with Crippen LogP contribution in [0, 0.1) is 5.82 Å². The zero-order valence-corrected chi connectivity index (χ0v) is 12.8. The second-order valence-corrected chi connectivity index (χ2v) is 6.49. The Morgan fingerprint density at radius 2 is 1.81 bits per heavy atom. The fraction of sp³-hybridized carbons (Fsp3) is 0.143. The van der Waals surface area contributed by atoms with Crippen molar-refractivity contribution in [3.63, 3.8) is 0 Å². The Hall–Kier alpha value is -1.63. The topological polar surface area (TPSA) is 58.2 Å². The van der Waals surface area contributed by atoms with E-state index in [0.29, 0.717) is 22.8 Å². The number of benzene rings is 2. The highest BCUT2D eigenvalue weighted by Gasteiger charge is 2.16. The Morgan fingerprint density at radius 3 is 2.43 bits per heavy atom. The maximum absolute atomic E-state index is 12.8. The van der Waals surface area contributed by atoms with Crippen LogP contribution in [0.3, 0.4) is 0 Å². The first kappa shape index (κ1) is 15.8. The SMILES string of the molecule is CNCc1cc(S(=O)(=O)Nc2ccc(F)cc2)ccc1Cl. The predicted molar refractivity (Wildman–Crippen MR) is 81.4 cm³/mol. The van der Waals surface area contributed by atoms with Crippen molar-refractivity contribution in [3.05, 3.63) is 58.9 Å². The summed E-state index contributed by atoms with van der Waals surface area (Å²) in [5.74, 6) is -0.430. The zero-order chi connectivity index (χ0) is 15.5. The van der Waals surface area contributed by atoms with Gasteiger partial charge in [-0.3, -0.25) is 4.72 Å². The largest absolute Gasteiger partial charge is 0.316 e. The molecule has 0 fully saturated rings. The summed E-state index contributed by atoms with van der Waals surface area (Å²) in [6, 6.07) is 9.55. The summed E-state index contributed by atoms with van der Waals surface area (Å²) in [6.07, 6.45) is 0. The molecule has 0 spiro atoms. The van der Waals surface area contributed by atoms with Gasteiger partial charge in [-0.1, -0.05) is 11.6 Å². The second-order valence-electron chi connectivity index (χ2n) is 4.40. The summed E-state index contributed by atoms with van der Waals surface area (Å²) in [5, 5.41) is 3.41. The number of anilines is 1. The van der Waals surface area contributed by atoms with Crippen LogP contribution in [0.5, 0.6) is 0 Å². The van der Waals surface area contributed by atoms with Gasteiger partial charge in [-0.25, -0.2) is 12.8 Å². The van der Waals surface area contributed by atoms with Gasteiger partial charge in [0.15, 0.2) is 0 Å². The van der Waals surface area contributed by atoms with Crippen LogP contribution in [0.1, 0.15) is 5.56 Å². The molecule has 2 aromatic rings. The molecular formula is C14H14ClFN2O2S. The van der Waals surface area contributed by atoms with Crippen molar-refractivity contribution >= 4 is 27.3 Å². The smallest absolute Gasteiger partial charge is 0.261 e. The third-order valence-corrected chi connectivity index (χ3v) is 4.54. The van der Waals surface area contributed by atoms with Crippen LogP contribution in [-0.2, 0) is 16.6 Å². The summed E-state index contributed by atoms with van der Waals surface area (Å²) in [4.78, 5) is 0.0986. The fourth-order valence-corrected chi connectivity index (χ4v) is 3.07. The molecule has 0 aromatic heterocycles. The van der Waals surface area contributed by atoms with Crippen LogP contribution in [-0.4, -0.2) is 15.5 Å². The van der Waals surface area contributed by atoms with E-state index >= 15 is 0 Å². The molecule has 0 atom stereocenters. The van der Waals surface area contributed by atoms with E-state index in [1.807, 2.05) is 0 Å². The molecule has 2 aromatic carbocycles. The summed E-state index contributed by atoms with van der Waals surface area (Å²) in [7, 11) is -2.00. The number of hydrogen-bond acceptors (Lipinski definition) is 3. The van der Waals surface area contributed by atoms with Gasteiger partial charge in [0.2, 0.25) is 0 Å². The second kappa shape index (κ2) is 6.43. The molecule has 4 nitrogen and oxygen atoms in total. The first-order valence-corrected chi connectivity index (χ1v) is 8.00. The maximum Gasteiger partial charge on any atom is 0.261 e. The van der Waals surface area contributed by atoms with Crippen molar-refractivity contribution in [2.75, 3.05) is 11.8 Å². The number of hydrogen-bond donors (Lipinski definition) is 2. The standard InChI is InChI=1S/C14H14ClFN2O2S/c1-17-9-10-8-13(6-7-14(10)15)21(19,20)18-12-4-2-11(16)3-5-12/h2-8,17-18H,9H2,1H3. The van der Waals surface area contributed by atoms with E-state index in [9.17, 15) is 12.8 Å². The Kier molecular flexibility index (Phi) is 4.82. The average molecular weight is 329 g/mol. The lowest BCUT2D eigenvalue weighted by atomic mass is 10.2. The molecule has 0 unspecified atom stereocenters. The Bertz CT molecular complexity index is 733. The number of halogens is 2. The van der Waals surface area contributed by atoms with Crippen LogP contribution in [0.4, 0.5) is 10.1 Å².